The summed E-state index contributed by atoms with van der Waals surface area (Å²) < 4.78 is 0.984. The molecule has 92 valence electrons. The highest BCUT2D eigenvalue weighted by Crippen LogP contribution is 2.34. The lowest BCUT2D eigenvalue weighted by Crippen LogP contribution is -2.33. The molecule has 2 fully saturated rings. The number of nitrogens with zero attached hydrogens (tertiary/aromatic N) is 1. The molecule has 2 heterocycles. The number of anilines is 1. The van der Waals surface area contributed by atoms with Gasteiger partial charge in [-0.1, -0.05) is 17.7 Å². The Morgan fingerprint density at radius 3 is 3.06 bits per heavy atom. The molecular formula is C13H16BrClN2. The van der Waals surface area contributed by atoms with Gasteiger partial charge in [-0.25, -0.2) is 0 Å². The Kier molecular flexibility index (Phi) is 3.33. The van der Waals surface area contributed by atoms with E-state index in [1.54, 1.807) is 0 Å². The van der Waals surface area contributed by atoms with Crippen LogP contribution in [0.2, 0.25) is 5.02 Å². The van der Waals surface area contributed by atoms with E-state index in [-0.39, 0.29) is 0 Å². The molecule has 0 bridgehead atoms. The molecule has 0 radical (unpaired) electrons. The van der Waals surface area contributed by atoms with Gasteiger partial charge in [0.05, 0.1) is 15.2 Å². The first kappa shape index (κ1) is 11.8. The van der Waals surface area contributed by atoms with Crippen LogP contribution in [-0.2, 0) is 0 Å². The molecule has 0 aliphatic carbocycles. The van der Waals surface area contributed by atoms with Crippen molar-refractivity contribution in [3.05, 3.63) is 27.7 Å². The van der Waals surface area contributed by atoms with Gasteiger partial charge in [0.1, 0.15) is 0 Å². The van der Waals surface area contributed by atoms with Gasteiger partial charge < -0.3 is 5.32 Å². The summed E-state index contributed by atoms with van der Waals surface area (Å²) in [5.41, 5.74) is 1.12. The van der Waals surface area contributed by atoms with Gasteiger partial charge in [-0.05, 0) is 53.9 Å². The third-order valence-corrected chi connectivity index (χ3v) is 5.30. The number of rotatable bonds is 2. The quantitative estimate of drug-likeness (QED) is 0.894. The van der Waals surface area contributed by atoms with Crippen LogP contribution in [0.25, 0.3) is 0 Å². The molecule has 0 spiro atoms. The molecule has 2 aliphatic heterocycles. The van der Waals surface area contributed by atoms with Crippen LogP contribution in [0.5, 0.6) is 0 Å². The van der Waals surface area contributed by atoms with Crippen LogP contribution in [0.4, 0.5) is 5.69 Å². The fraction of sp³-hybridized carbons (Fsp3) is 0.538. The van der Waals surface area contributed by atoms with Gasteiger partial charge in [-0.3, -0.25) is 4.90 Å². The summed E-state index contributed by atoms with van der Waals surface area (Å²) in [5.74, 6) is 0. The van der Waals surface area contributed by atoms with Crippen molar-refractivity contribution in [2.75, 3.05) is 18.4 Å². The maximum atomic E-state index is 6.11. The lowest BCUT2D eigenvalue weighted by Gasteiger charge is -2.23. The first-order valence-corrected chi connectivity index (χ1v) is 7.37. The van der Waals surface area contributed by atoms with Crippen molar-refractivity contribution in [1.29, 1.82) is 0 Å². The molecule has 2 aliphatic rings. The minimum absolute atomic E-state index is 0.576. The van der Waals surface area contributed by atoms with Crippen molar-refractivity contribution in [3.8, 4) is 0 Å². The predicted octanol–water partition coefficient (Wildman–Crippen LogP) is 3.75. The standard InChI is InChI=1S/C13H16BrClN2/c14-13-9(15)3-1-4-11(13)16-10-6-8-17-7-2-5-12(10)17/h1,3-4,10,12,16H,2,5-8H2. The molecule has 2 atom stereocenters. The Morgan fingerprint density at radius 1 is 1.29 bits per heavy atom. The molecule has 2 unspecified atom stereocenters. The van der Waals surface area contributed by atoms with E-state index in [9.17, 15) is 0 Å². The van der Waals surface area contributed by atoms with E-state index < -0.39 is 0 Å². The SMILES string of the molecule is Clc1cccc(NC2CCN3CCCC23)c1Br. The van der Waals surface area contributed by atoms with Crippen molar-refractivity contribution < 1.29 is 0 Å². The topological polar surface area (TPSA) is 15.3 Å². The van der Waals surface area contributed by atoms with Gasteiger partial charge in [0, 0.05) is 18.6 Å². The van der Waals surface area contributed by atoms with Gasteiger partial charge >= 0.3 is 0 Å². The number of benzene rings is 1. The van der Waals surface area contributed by atoms with Gasteiger partial charge in [0.15, 0.2) is 0 Å². The zero-order chi connectivity index (χ0) is 11.8. The highest BCUT2D eigenvalue weighted by atomic mass is 79.9. The van der Waals surface area contributed by atoms with Crippen molar-refractivity contribution >= 4 is 33.2 Å². The van der Waals surface area contributed by atoms with E-state index >= 15 is 0 Å². The third-order valence-electron chi connectivity index (χ3n) is 3.90. The Balaban J connectivity index is 1.76. The molecule has 1 aromatic rings. The molecule has 1 N–H and O–H groups in total. The van der Waals surface area contributed by atoms with Crippen molar-refractivity contribution in [2.45, 2.75) is 31.3 Å². The molecule has 17 heavy (non-hydrogen) atoms. The summed E-state index contributed by atoms with van der Waals surface area (Å²) in [6.45, 7) is 2.51. The first-order chi connectivity index (χ1) is 8.25. The maximum absolute atomic E-state index is 6.11. The molecule has 4 heteroatoms. The molecule has 2 saturated heterocycles. The first-order valence-electron chi connectivity index (χ1n) is 6.20. The average molecular weight is 316 g/mol. The van der Waals surface area contributed by atoms with Crippen LogP contribution in [0.3, 0.4) is 0 Å². The average Bonchev–Trinajstić information content (AvgIpc) is 2.89. The van der Waals surface area contributed by atoms with Gasteiger partial charge in [0.25, 0.3) is 0 Å². The van der Waals surface area contributed by atoms with Crippen LogP contribution in [-0.4, -0.2) is 30.1 Å². The lowest BCUT2D eigenvalue weighted by atomic mass is 10.1. The van der Waals surface area contributed by atoms with E-state index in [0.29, 0.717) is 6.04 Å². The minimum Gasteiger partial charge on any atom is -0.380 e. The van der Waals surface area contributed by atoms with E-state index in [0.717, 1.165) is 21.2 Å². The summed E-state index contributed by atoms with van der Waals surface area (Å²) in [6.07, 6.45) is 3.92. The maximum Gasteiger partial charge on any atom is 0.0593 e. The monoisotopic (exact) mass is 314 g/mol. The molecule has 0 amide bonds. The second kappa shape index (κ2) is 4.79. The highest BCUT2D eigenvalue weighted by molar-refractivity contribution is 9.10. The van der Waals surface area contributed by atoms with E-state index in [4.69, 9.17) is 11.6 Å². The van der Waals surface area contributed by atoms with Crippen molar-refractivity contribution in [3.63, 3.8) is 0 Å². The molecule has 2 nitrogen and oxygen atoms in total. The van der Waals surface area contributed by atoms with E-state index in [1.165, 1.54) is 32.4 Å². The molecule has 1 aromatic carbocycles. The van der Waals surface area contributed by atoms with Crippen LogP contribution in [0.15, 0.2) is 22.7 Å². The smallest absolute Gasteiger partial charge is 0.0593 e. The summed E-state index contributed by atoms with van der Waals surface area (Å²) in [4.78, 5) is 2.61. The normalized spacial score (nSPS) is 28.4. The summed E-state index contributed by atoms with van der Waals surface area (Å²) >= 11 is 9.67. The van der Waals surface area contributed by atoms with Gasteiger partial charge in [0.2, 0.25) is 0 Å². The highest BCUT2D eigenvalue weighted by Gasteiger charge is 2.37. The minimum atomic E-state index is 0.576. The van der Waals surface area contributed by atoms with Crippen LogP contribution in [0, 0.1) is 0 Å². The number of nitrogens with one attached hydrogen (secondary N) is 1. The summed E-state index contributed by atoms with van der Waals surface area (Å²) in [7, 11) is 0. The summed E-state index contributed by atoms with van der Waals surface area (Å²) in [5, 5.41) is 4.42. The Hall–Kier alpha value is -0.250. The fourth-order valence-electron chi connectivity index (χ4n) is 3.07. The van der Waals surface area contributed by atoms with E-state index in [2.05, 4.69) is 32.2 Å². The second-order valence-corrected chi connectivity index (χ2v) is 6.09. The van der Waals surface area contributed by atoms with Gasteiger partial charge in [-0.15, -0.1) is 0 Å². The van der Waals surface area contributed by atoms with Crippen LogP contribution >= 0.6 is 27.5 Å². The van der Waals surface area contributed by atoms with Crippen LogP contribution in [0.1, 0.15) is 19.3 Å². The number of fused-ring (bicyclic) bond motifs is 1. The Labute approximate surface area is 115 Å². The van der Waals surface area contributed by atoms with E-state index in [1.807, 2.05) is 12.1 Å². The van der Waals surface area contributed by atoms with Gasteiger partial charge in [-0.2, -0.15) is 0 Å². The van der Waals surface area contributed by atoms with Crippen molar-refractivity contribution in [1.82, 2.24) is 4.90 Å². The lowest BCUT2D eigenvalue weighted by molar-refractivity contribution is 0.318. The van der Waals surface area contributed by atoms with Crippen LogP contribution < -0.4 is 5.32 Å². The fourth-order valence-corrected chi connectivity index (χ4v) is 3.62. The zero-order valence-corrected chi connectivity index (χ0v) is 12.0. The molecule has 0 aromatic heterocycles. The Morgan fingerprint density at radius 2 is 2.18 bits per heavy atom. The van der Waals surface area contributed by atoms with Crippen molar-refractivity contribution in [2.24, 2.45) is 0 Å². The molecular weight excluding hydrogens is 300 g/mol. The predicted molar refractivity (Wildman–Crippen MR) is 75.8 cm³/mol. The zero-order valence-electron chi connectivity index (χ0n) is 9.63. The number of hydrogen-bond acceptors (Lipinski definition) is 2. The molecule has 0 saturated carbocycles. The summed E-state index contributed by atoms with van der Waals surface area (Å²) in [6, 6.07) is 7.30. The number of halogens is 2. The Bertz CT molecular complexity index is 424. The second-order valence-electron chi connectivity index (χ2n) is 4.89. The largest absolute Gasteiger partial charge is 0.380 e. The molecule has 3 rings (SSSR count). The third kappa shape index (κ3) is 2.20. The number of hydrogen-bond donors (Lipinski definition) is 1.